The number of aromatic nitrogens is 5. The van der Waals surface area contributed by atoms with Crippen LogP contribution < -0.4 is 4.74 Å². The van der Waals surface area contributed by atoms with Crippen molar-refractivity contribution in [1.82, 2.24) is 24.1 Å². The first kappa shape index (κ1) is 32.7. The molecule has 0 aliphatic rings. The molecule has 8 nitrogen and oxygen atoms in total. The highest BCUT2D eigenvalue weighted by atomic mass is 16.5. The van der Waals surface area contributed by atoms with Gasteiger partial charge in [0.15, 0.2) is 11.6 Å². The van der Waals surface area contributed by atoms with E-state index in [9.17, 15) is 5.26 Å². The molecular weight excluding hydrogens is 691 g/mol. The third kappa shape index (κ3) is 5.38. The SMILES string of the molecule is C=Nc1c(OCc2ccc(C#N)cc2)cccc1-n1c2ccccc2c2ccc3c4ccccc4n(-c4nc(-c5ccccc5)nc(-c5ccccc5)n4)c3c21. The molecule has 0 saturated heterocycles. The molecule has 0 atom stereocenters. The van der Waals surface area contributed by atoms with Crippen LogP contribution in [0.1, 0.15) is 11.1 Å². The molecule has 3 aromatic heterocycles. The molecule has 264 valence electrons. The van der Waals surface area contributed by atoms with Crippen molar-refractivity contribution >= 4 is 56.0 Å². The quantitative estimate of drug-likeness (QED) is 0.146. The summed E-state index contributed by atoms with van der Waals surface area (Å²) in [6.07, 6.45) is 0. The predicted octanol–water partition coefficient (Wildman–Crippen LogP) is 11.2. The Kier molecular flexibility index (Phi) is 7.90. The molecule has 0 N–H and O–H groups in total. The Labute approximate surface area is 321 Å². The zero-order valence-electron chi connectivity index (χ0n) is 30.0. The van der Waals surface area contributed by atoms with E-state index in [2.05, 4.69) is 93.6 Å². The third-order valence-corrected chi connectivity index (χ3v) is 10.2. The number of aliphatic imine (C=N–C) groups is 1. The molecule has 0 spiro atoms. The minimum absolute atomic E-state index is 0.302. The Morgan fingerprint density at radius 3 is 1.70 bits per heavy atom. The van der Waals surface area contributed by atoms with Crippen molar-refractivity contribution in [3.63, 3.8) is 0 Å². The smallest absolute Gasteiger partial charge is 0.238 e. The van der Waals surface area contributed by atoms with Crippen molar-refractivity contribution in [2.45, 2.75) is 6.61 Å². The highest BCUT2D eigenvalue weighted by Crippen LogP contribution is 2.44. The van der Waals surface area contributed by atoms with Crippen molar-refractivity contribution in [1.29, 1.82) is 5.26 Å². The standard InChI is InChI=1S/C48H31N7O/c1-50-43-41(21-12-22-42(43)56-30-32-25-23-31(29-49)24-26-32)54-39-19-10-8-17-35(39)37-27-28-38-36-18-9-11-20-40(36)55(45(38)44(37)54)48-52-46(33-13-4-2-5-14-33)51-47(53-48)34-15-6-3-7-16-34/h2-28H,1,30H2. The molecule has 0 radical (unpaired) electrons. The molecule has 3 heterocycles. The molecule has 10 rings (SSSR count). The van der Waals surface area contributed by atoms with Crippen LogP contribution in [-0.2, 0) is 6.61 Å². The zero-order chi connectivity index (χ0) is 37.6. The molecule has 0 aliphatic heterocycles. The van der Waals surface area contributed by atoms with Gasteiger partial charge in [0.25, 0.3) is 0 Å². The fourth-order valence-electron chi connectivity index (χ4n) is 7.66. The van der Waals surface area contributed by atoms with Gasteiger partial charge in [0.1, 0.15) is 18.0 Å². The van der Waals surface area contributed by atoms with Crippen LogP contribution in [0.15, 0.2) is 169 Å². The summed E-state index contributed by atoms with van der Waals surface area (Å²) >= 11 is 0. The fourth-order valence-corrected chi connectivity index (χ4v) is 7.66. The molecule has 0 aliphatic carbocycles. The molecular formula is C48H31N7O. The lowest BCUT2D eigenvalue weighted by Crippen LogP contribution is -2.07. The van der Waals surface area contributed by atoms with Gasteiger partial charge in [-0.1, -0.05) is 127 Å². The van der Waals surface area contributed by atoms with Crippen LogP contribution in [0.3, 0.4) is 0 Å². The van der Waals surface area contributed by atoms with Gasteiger partial charge < -0.3 is 9.30 Å². The van der Waals surface area contributed by atoms with E-state index in [1.54, 1.807) is 12.1 Å². The summed E-state index contributed by atoms with van der Waals surface area (Å²) in [6, 6.07) is 56.8. The van der Waals surface area contributed by atoms with Crippen molar-refractivity contribution in [2.75, 3.05) is 0 Å². The number of nitriles is 1. The maximum Gasteiger partial charge on any atom is 0.238 e. The van der Waals surface area contributed by atoms with Gasteiger partial charge in [-0.25, -0.2) is 4.98 Å². The molecule has 0 bridgehead atoms. The number of nitrogens with zero attached hydrogens (tertiary/aromatic N) is 7. The van der Waals surface area contributed by atoms with Crippen LogP contribution in [0.5, 0.6) is 5.75 Å². The Hall–Kier alpha value is -7.89. The summed E-state index contributed by atoms with van der Waals surface area (Å²) < 4.78 is 10.9. The van der Waals surface area contributed by atoms with Crippen LogP contribution in [0.4, 0.5) is 5.69 Å². The average molecular weight is 722 g/mol. The minimum Gasteiger partial charge on any atom is -0.487 e. The van der Waals surface area contributed by atoms with Gasteiger partial charge in [-0.3, -0.25) is 9.56 Å². The lowest BCUT2D eigenvalue weighted by atomic mass is 10.1. The Morgan fingerprint density at radius 2 is 1.11 bits per heavy atom. The van der Waals surface area contributed by atoms with Crippen molar-refractivity contribution in [3.8, 4) is 46.2 Å². The predicted molar refractivity (Wildman–Crippen MR) is 224 cm³/mol. The van der Waals surface area contributed by atoms with E-state index in [1.165, 1.54) is 0 Å². The van der Waals surface area contributed by atoms with Gasteiger partial charge in [-0.05, 0) is 48.7 Å². The number of para-hydroxylation sites is 3. The monoisotopic (exact) mass is 721 g/mol. The minimum atomic E-state index is 0.302. The molecule has 0 saturated carbocycles. The number of rotatable bonds is 8. The Balaban J connectivity index is 1.28. The third-order valence-electron chi connectivity index (χ3n) is 10.2. The molecule has 0 amide bonds. The topological polar surface area (TPSA) is 93.9 Å². The second-order valence-corrected chi connectivity index (χ2v) is 13.5. The number of hydrogen-bond acceptors (Lipinski definition) is 6. The lowest BCUT2D eigenvalue weighted by Gasteiger charge is -2.16. The Morgan fingerprint density at radius 1 is 0.554 bits per heavy atom. The zero-order valence-corrected chi connectivity index (χ0v) is 30.0. The first-order chi connectivity index (χ1) is 27.7. The van der Waals surface area contributed by atoms with Crippen LogP contribution in [0.25, 0.3) is 78.0 Å². The first-order valence-electron chi connectivity index (χ1n) is 18.2. The molecule has 0 fully saturated rings. The van der Waals surface area contributed by atoms with Crippen LogP contribution in [0.2, 0.25) is 0 Å². The average Bonchev–Trinajstić information content (AvgIpc) is 3.79. The van der Waals surface area contributed by atoms with Gasteiger partial charge in [-0.2, -0.15) is 15.2 Å². The molecule has 0 unspecified atom stereocenters. The largest absolute Gasteiger partial charge is 0.487 e. The summed E-state index contributed by atoms with van der Waals surface area (Å²) in [5.74, 6) is 2.27. The van der Waals surface area contributed by atoms with E-state index in [-0.39, 0.29) is 0 Å². The Bertz CT molecular complexity index is 3100. The van der Waals surface area contributed by atoms with E-state index >= 15 is 0 Å². The lowest BCUT2D eigenvalue weighted by molar-refractivity contribution is 0.307. The fraction of sp³-hybridized carbons (Fsp3) is 0.0208. The van der Waals surface area contributed by atoms with Crippen molar-refractivity contribution in [3.05, 3.63) is 175 Å². The molecule has 7 aromatic carbocycles. The highest BCUT2D eigenvalue weighted by molar-refractivity contribution is 6.23. The summed E-state index contributed by atoms with van der Waals surface area (Å²) in [6.45, 7) is 4.33. The summed E-state index contributed by atoms with van der Waals surface area (Å²) in [5.41, 5.74) is 8.66. The second-order valence-electron chi connectivity index (χ2n) is 13.5. The van der Waals surface area contributed by atoms with Gasteiger partial charge in [0.05, 0.1) is 39.4 Å². The number of hydrogen-bond donors (Lipinski definition) is 0. The molecule has 8 heteroatoms. The van der Waals surface area contributed by atoms with Crippen LogP contribution in [-0.4, -0.2) is 30.8 Å². The normalized spacial score (nSPS) is 11.3. The van der Waals surface area contributed by atoms with E-state index in [1.807, 2.05) is 84.9 Å². The van der Waals surface area contributed by atoms with Gasteiger partial charge >= 0.3 is 0 Å². The van der Waals surface area contributed by atoms with Crippen molar-refractivity contribution < 1.29 is 4.74 Å². The number of fused-ring (bicyclic) bond motifs is 7. The molecule has 10 aromatic rings. The van der Waals surface area contributed by atoms with Crippen LogP contribution in [0, 0.1) is 11.3 Å². The van der Waals surface area contributed by atoms with Gasteiger partial charge in [-0.15, -0.1) is 0 Å². The van der Waals surface area contributed by atoms with E-state index in [0.29, 0.717) is 41.2 Å². The van der Waals surface area contributed by atoms with Gasteiger partial charge in [0, 0.05) is 32.7 Å². The summed E-state index contributed by atoms with van der Waals surface area (Å²) in [5, 5.41) is 13.6. The van der Waals surface area contributed by atoms with E-state index < -0.39 is 0 Å². The van der Waals surface area contributed by atoms with Crippen LogP contribution >= 0.6 is 0 Å². The van der Waals surface area contributed by atoms with Gasteiger partial charge in [0.2, 0.25) is 5.95 Å². The maximum atomic E-state index is 9.27. The van der Waals surface area contributed by atoms with E-state index in [4.69, 9.17) is 19.7 Å². The summed E-state index contributed by atoms with van der Waals surface area (Å²) in [7, 11) is 0. The number of ether oxygens (including phenoxy) is 1. The highest BCUT2D eigenvalue weighted by Gasteiger charge is 2.24. The van der Waals surface area contributed by atoms with Crippen molar-refractivity contribution in [2.24, 2.45) is 4.99 Å². The summed E-state index contributed by atoms with van der Waals surface area (Å²) in [4.78, 5) is 20.0. The number of benzene rings is 7. The molecule has 56 heavy (non-hydrogen) atoms. The van der Waals surface area contributed by atoms with E-state index in [0.717, 1.165) is 66.0 Å². The maximum absolute atomic E-state index is 9.27. The first-order valence-corrected chi connectivity index (χ1v) is 18.2. The second kappa shape index (κ2) is 13.5.